The van der Waals surface area contributed by atoms with Gasteiger partial charge in [0.1, 0.15) is 17.2 Å². The van der Waals surface area contributed by atoms with E-state index in [2.05, 4.69) is 34.5 Å². The lowest BCUT2D eigenvalue weighted by atomic mass is 10.0. The molecule has 1 aliphatic heterocycles. The van der Waals surface area contributed by atoms with Crippen LogP contribution in [0.15, 0.2) is 6.07 Å². The summed E-state index contributed by atoms with van der Waals surface area (Å²) in [5, 5.41) is 3.00. The second-order valence-corrected chi connectivity index (χ2v) is 6.89. The number of carbonyl (C=O) groups excluding carboxylic acids is 1. The first-order chi connectivity index (χ1) is 12.4. The van der Waals surface area contributed by atoms with Crippen LogP contribution in [0.25, 0.3) is 11.2 Å². The lowest BCUT2D eigenvalue weighted by Crippen LogP contribution is -2.36. The number of aryl methyl sites for hydroxylation is 1. The van der Waals surface area contributed by atoms with E-state index >= 15 is 0 Å². The number of hydrazine groups is 1. The van der Waals surface area contributed by atoms with Gasteiger partial charge in [-0.25, -0.2) is 15.8 Å². The van der Waals surface area contributed by atoms with Crippen molar-refractivity contribution in [3.8, 4) is 0 Å². The third-order valence-corrected chi connectivity index (χ3v) is 4.65. The molecule has 0 aliphatic carbocycles. The van der Waals surface area contributed by atoms with E-state index in [0.29, 0.717) is 19.0 Å². The Bertz CT molecular complexity index is 796. The molecule has 1 amide bonds. The van der Waals surface area contributed by atoms with Crippen molar-refractivity contribution in [3.63, 3.8) is 0 Å². The average molecular weight is 361 g/mol. The van der Waals surface area contributed by atoms with Crippen molar-refractivity contribution < 1.29 is 9.53 Å². The van der Waals surface area contributed by atoms with Crippen LogP contribution >= 0.6 is 0 Å². The van der Waals surface area contributed by atoms with Gasteiger partial charge in [0.25, 0.3) is 0 Å². The maximum Gasteiger partial charge on any atom is 0.217 e. The number of hydrogen-bond donors (Lipinski definition) is 3. The van der Waals surface area contributed by atoms with E-state index in [1.54, 1.807) is 0 Å². The van der Waals surface area contributed by atoms with Crippen LogP contribution in [0.4, 0.5) is 11.5 Å². The molecule has 0 unspecified atom stereocenters. The van der Waals surface area contributed by atoms with Gasteiger partial charge in [0.2, 0.25) is 5.91 Å². The number of rotatable bonds is 5. The number of carbonyl (C=O) groups is 1. The highest BCUT2D eigenvalue weighted by atomic mass is 16.5. The Kier molecular flexibility index (Phi) is 5.28. The van der Waals surface area contributed by atoms with Crippen molar-refractivity contribution in [2.24, 2.45) is 18.8 Å². The summed E-state index contributed by atoms with van der Waals surface area (Å²) in [4.78, 5) is 23.3. The van der Waals surface area contributed by atoms with Crippen LogP contribution < -0.4 is 21.5 Å². The quantitative estimate of drug-likeness (QED) is 0.536. The largest absolute Gasteiger partial charge is 0.378 e. The number of anilines is 2. The number of pyridine rings is 1. The Morgan fingerprint density at radius 3 is 2.58 bits per heavy atom. The van der Waals surface area contributed by atoms with Crippen molar-refractivity contribution in [3.05, 3.63) is 11.9 Å². The Labute approximate surface area is 152 Å². The maximum absolute atomic E-state index is 11.7. The fourth-order valence-corrected chi connectivity index (χ4v) is 3.30. The number of nitrogen functional groups attached to an aromatic ring is 1. The molecule has 9 nitrogen and oxygen atoms in total. The first kappa shape index (κ1) is 18.4. The standard InChI is InChI=1S/C17H27N7O2/c1-10(2)14(19-11(3)25)16-21-15-12(24-5-7-26-8-6-24)9-13(22-18)20-17(15)23(16)4/h9-10,14H,5-8,18H2,1-4H3,(H,19,25)(H,20,22)/t14-/m0/s1. The summed E-state index contributed by atoms with van der Waals surface area (Å²) < 4.78 is 7.39. The summed E-state index contributed by atoms with van der Waals surface area (Å²) in [5.74, 6) is 7.09. The van der Waals surface area contributed by atoms with Crippen LogP contribution in [0.1, 0.15) is 32.6 Å². The molecule has 1 aliphatic rings. The van der Waals surface area contributed by atoms with Crippen LogP contribution in [-0.4, -0.2) is 46.7 Å². The zero-order valence-corrected chi connectivity index (χ0v) is 15.7. The number of nitrogens with zero attached hydrogens (tertiary/aromatic N) is 4. The van der Waals surface area contributed by atoms with Crippen LogP contribution in [0.5, 0.6) is 0 Å². The third kappa shape index (κ3) is 3.45. The Hall–Kier alpha value is -2.39. The number of ether oxygens (including phenoxy) is 1. The molecule has 3 rings (SSSR count). The van der Waals surface area contributed by atoms with E-state index in [1.165, 1.54) is 6.92 Å². The minimum atomic E-state index is -0.196. The third-order valence-electron chi connectivity index (χ3n) is 4.65. The molecular formula is C17H27N7O2. The SMILES string of the molecule is CC(=O)N[C@H](c1nc2c(N3CCOCC3)cc(NN)nc2n1C)C(C)C. The van der Waals surface area contributed by atoms with Gasteiger partial charge in [0, 0.05) is 33.1 Å². The minimum absolute atomic E-state index is 0.0820. The molecule has 4 N–H and O–H groups in total. The first-order valence-electron chi connectivity index (χ1n) is 8.86. The average Bonchev–Trinajstić information content (AvgIpc) is 2.95. The minimum Gasteiger partial charge on any atom is -0.378 e. The molecule has 0 aromatic carbocycles. The highest BCUT2D eigenvalue weighted by Crippen LogP contribution is 2.32. The van der Waals surface area contributed by atoms with Gasteiger partial charge >= 0.3 is 0 Å². The van der Waals surface area contributed by atoms with Gasteiger partial charge < -0.3 is 24.9 Å². The first-order valence-corrected chi connectivity index (χ1v) is 8.86. The van der Waals surface area contributed by atoms with Gasteiger partial charge in [-0.3, -0.25) is 4.79 Å². The van der Waals surface area contributed by atoms with E-state index < -0.39 is 0 Å². The predicted molar refractivity (Wildman–Crippen MR) is 101 cm³/mol. The summed E-state index contributed by atoms with van der Waals surface area (Å²) >= 11 is 0. The number of amides is 1. The molecule has 0 radical (unpaired) electrons. The van der Waals surface area contributed by atoms with Gasteiger partial charge in [-0.1, -0.05) is 13.8 Å². The highest BCUT2D eigenvalue weighted by molar-refractivity contribution is 5.89. The van der Waals surface area contributed by atoms with Crippen molar-refractivity contribution >= 4 is 28.6 Å². The summed E-state index contributed by atoms with van der Waals surface area (Å²) in [7, 11) is 1.91. The molecule has 3 heterocycles. The second kappa shape index (κ2) is 7.46. The lowest BCUT2D eigenvalue weighted by Gasteiger charge is -2.29. The number of nitrogens with one attached hydrogen (secondary N) is 2. The molecule has 0 saturated carbocycles. The molecule has 142 valence electrons. The molecule has 2 aromatic rings. The van der Waals surface area contributed by atoms with Gasteiger partial charge in [-0.15, -0.1) is 0 Å². The Balaban J connectivity index is 2.15. The molecule has 1 fully saturated rings. The van der Waals surface area contributed by atoms with Crippen molar-refractivity contribution in [2.45, 2.75) is 26.8 Å². The molecule has 0 bridgehead atoms. The molecule has 0 spiro atoms. The molecule has 26 heavy (non-hydrogen) atoms. The van der Waals surface area contributed by atoms with Crippen LogP contribution in [-0.2, 0) is 16.6 Å². The molecule has 2 aromatic heterocycles. The van der Waals surface area contributed by atoms with Gasteiger partial charge in [0.05, 0.1) is 24.9 Å². The van der Waals surface area contributed by atoms with Crippen molar-refractivity contribution in [2.75, 3.05) is 36.6 Å². The van der Waals surface area contributed by atoms with Crippen LogP contribution in [0, 0.1) is 5.92 Å². The highest BCUT2D eigenvalue weighted by Gasteiger charge is 2.26. The number of aromatic nitrogens is 3. The van der Waals surface area contributed by atoms with E-state index in [0.717, 1.165) is 35.8 Å². The van der Waals surface area contributed by atoms with Gasteiger partial charge in [-0.2, -0.15) is 0 Å². The van der Waals surface area contributed by atoms with E-state index in [1.807, 2.05) is 17.7 Å². The normalized spacial score (nSPS) is 16.2. The fraction of sp³-hybridized carbons (Fsp3) is 0.588. The zero-order chi connectivity index (χ0) is 18.8. The molecule has 1 saturated heterocycles. The Morgan fingerprint density at radius 2 is 2.00 bits per heavy atom. The zero-order valence-electron chi connectivity index (χ0n) is 15.7. The van der Waals surface area contributed by atoms with E-state index in [-0.39, 0.29) is 17.9 Å². The predicted octanol–water partition coefficient (Wildman–Crippen LogP) is 0.924. The number of imidazole rings is 1. The van der Waals surface area contributed by atoms with Gasteiger partial charge in [0.15, 0.2) is 5.65 Å². The molecule has 1 atom stereocenters. The van der Waals surface area contributed by atoms with E-state index in [4.69, 9.17) is 15.6 Å². The summed E-state index contributed by atoms with van der Waals surface area (Å²) in [6.07, 6.45) is 0. The van der Waals surface area contributed by atoms with Crippen molar-refractivity contribution in [1.29, 1.82) is 0 Å². The van der Waals surface area contributed by atoms with Gasteiger partial charge in [-0.05, 0) is 5.92 Å². The number of nitrogens with two attached hydrogens (primary N) is 1. The second-order valence-electron chi connectivity index (χ2n) is 6.89. The van der Waals surface area contributed by atoms with Crippen LogP contribution in [0.2, 0.25) is 0 Å². The van der Waals surface area contributed by atoms with Crippen molar-refractivity contribution in [1.82, 2.24) is 19.9 Å². The smallest absolute Gasteiger partial charge is 0.217 e. The number of hydrogen-bond acceptors (Lipinski definition) is 7. The van der Waals surface area contributed by atoms with Crippen LogP contribution in [0.3, 0.4) is 0 Å². The maximum atomic E-state index is 11.7. The summed E-state index contributed by atoms with van der Waals surface area (Å²) in [6, 6.07) is 1.71. The molecule has 9 heteroatoms. The number of morpholine rings is 1. The molecular weight excluding hydrogens is 334 g/mol. The summed E-state index contributed by atoms with van der Waals surface area (Å²) in [6.45, 7) is 8.56. The topological polar surface area (TPSA) is 110 Å². The lowest BCUT2D eigenvalue weighted by molar-refractivity contribution is -0.120. The number of fused-ring (bicyclic) bond motifs is 1. The monoisotopic (exact) mass is 361 g/mol. The fourth-order valence-electron chi connectivity index (χ4n) is 3.30. The van der Waals surface area contributed by atoms with E-state index in [9.17, 15) is 4.79 Å². The Morgan fingerprint density at radius 1 is 1.31 bits per heavy atom. The summed E-state index contributed by atoms with van der Waals surface area (Å²) in [5.41, 5.74) is 5.14.